The van der Waals surface area contributed by atoms with Crippen LogP contribution >= 0.6 is 22.7 Å². The van der Waals surface area contributed by atoms with Crippen LogP contribution in [-0.2, 0) is 14.3 Å². The molecule has 156 valence electrons. The van der Waals surface area contributed by atoms with Gasteiger partial charge in [-0.05, 0) is 31.4 Å². The third kappa shape index (κ3) is 3.00. The van der Waals surface area contributed by atoms with E-state index in [2.05, 4.69) is 10.3 Å². The summed E-state index contributed by atoms with van der Waals surface area (Å²) in [7, 11) is 0. The number of carbonyl (C=O) groups is 2. The smallest absolute Gasteiger partial charge is 0.338 e. The zero-order valence-corrected chi connectivity index (χ0v) is 18.3. The Hall–Kier alpha value is -3.30. The van der Waals surface area contributed by atoms with Crippen LogP contribution < -0.4 is 20.2 Å². The second kappa shape index (κ2) is 7.44. The Morgan fingerprint density at radius 3 is 2.77 bits per heavy atom. The highest BCUT2D eigenvalue weighted by Gasteiger charge is 2.35. The number of para-hydroxylation sites is 1. The van der Waals surface area contributed by atoms with Gasteiger partial charge in [0.25, 0.3) is 11.5 Å². The maximum absolute atomic E-state index is 13.6. The number of aromatic nitrogens is 1. The van der Waals surface area contributed by atoms with Gasteiger partial charge in [0, 0.05) is 16.1 Å². The van der Waals surface area contributed by atoms with Crippen LogP contribution in [-0.4, -0.2) is 23.1 Å². The molecule has 9 heteroatoms. The summed E-state index contributed by atoms with van der Waals surface area (Å²) < 4.78 is 7.08. The number of nitrogens with one attached hydrogen (secondary N) is 1. The number of hydrogen-bond donors (Lipinski definition) is 1. The van der Waals surface area contributed by atoms with Crippen molar-refractivity contribution in [3.05, 3.63) is 83.2 Å². The highest BCUT2D eigenvalue weighted by atomic mass is 32.1. The lowest BCUT2D eigenvalue weighted by molar-refractivity contribution is -0.139. The Balaban J connectivity index is 1.82. The van der Waals surface area contributed by atoms with Crippen molar-refractivity contribution in [3.8, 4) is 0 Å². The molecule has 0 bridgehead atoms. The first-order valence-corrected chi connectivity index (χ1v) is 11.4. The van der Waals surface area contributed by atoms with E-state index in [0.717, 1.165) is 16.2 Å². The van der Waals surface area contributed by atoms with E-state index in [9.17, 15) is 14.4 Å². The number of benzene rings is 1. The fraction of sp³-hybridized carbons (Fsp3) is 0.182. The first-order valence-electron chi connectivity index (χ1n) is 9.67. The quantitative estimate of drug-likeness (QED) is 0.618. The molecule has 5 rings (SSSR count). The van der Waals surface area contributed by atoms with Gasteiger partial charge in [-0.3, -0.25) is 14.2 Å². The van der Waals surface area contributed by atoms with Gasteiger partial charge in [0.1, 0.15) is 10.6 Å². The van der Waals surface area contributed by atoms with Gasteiger partial charge in [0.05, 0.1) is 23.5 Å². The molecule has 0 spiro atoms. The summed E-state index contributed by atoms with van der Waals surface area (Å²) in [4.78, 5) is 45.0. The summed E-state index contributed by atoms with van der Waals surface area (Å²) in [5, 5.41) is 4.71. The highest BCUT2D eigenvalue weighted by molar-refractivity contribution is 7.10. The molecule has 2 aliphatic heterocycles. The topological polar surface area (TPSA) is 89.8 Å². The number of anilines is 1. The van der Waals surface area contributed by atoms with Gasteiger partial charge in [0.15, 0.2) is 4.80 Å². The fourth-order valence-corrected chi connectivity index (χ4v) is 5.87. The zero-order valence-electron chi connectivity index (χ0n) is 16.7. The second-order valence-electron chi connectivity index (χ2n) is 7.01. The van der Waals surface area contributed by atoms with E-state index in [-0.39, 0.29) is 18.1 Å². The molecule has 1 N–H and O–H groups in total. The van der Waals surface area contributed by atoms with Crippen molar-refractivity contribution < 1.29 is 14.3 Å². The predicted molar refractivity (Wildman–Crippen MR) is 119 cm³/mol. The van der Waals surface area contributed by atoms with Crippen molar-refractivity contribution in [2.45, 2.75) is 19.9 Å². The summed E-state index contributed by atoms with van der Waals surface area (Å²) in [6.45, 7) is 3.70. The number of thiophene rings is 1. The van der Waals surface area contributed by atoms with Crippen LogP contribution in [0.3, 0.4) is 0 Å². The van der Waals surface area contributed by atoms with Gasteiger partial charge < -0.3 is 10.1 Å². The van der Waals surface area contributed by atoms with Crippen LogP contribution in [0.1, 0.15) is 30.3 Å². The number of nitrogens with zero attached hydrogens (tertiary/aromatic N) is 2. The average molecular weight is 452 g/mol. The van der Waals surface area contributed by atoms with E-state index in [1.54, 1.807) is 19.9 Å². The Bertz CT molecular complexity index is 1440. The number of esters is 1. The highest BCUT2D eigenvalue weighted by Crippen LogP contribution is 2.34. The largest absolute Gasteiger partial charge is 0.463 e. The van der Waals surface area contributed by atoms with Gasteiger partial charge in [-0.25, -0.2) is 9.79 Å². The number of hydrogen-bond acceptors (Lipinski definition) is 7. The van der Waals surface area contributed by atoms with Crippen LogP contribution in [0.2, 0.25) is 0 Å². The van der Waals surface area contributed by atoms with E-state index in [1.165, 1.54) is 15.9 Å². The summed E-state index contributed by atoms with van der Waals surface area (Å²) in [6, 6.07) is 10.4. The molecule has 0 saturated heterocycles. The van der Waals surface area contributed by atoms with E-state index < -0.39 is 12.0 Å². The van der Waals surface area contributed by atoms with Gasteiger partial charge in [-0.15, -0.1) is 11.3 Å². The Labute approximate surface area is 184 Å². The molecule has 7 nitrogen and oxygen atoms in total. The van der Waals surface area contributed by atoms with Gasteiger partial charge in [-0.2, -0.15) is 0 Å². The number of rotatable bonds is 3. The monoisotopic (exact) mass is 451 g/mol. The summed E-state index contributed by atoms with van der Waals surface area (Å²) in [5.74, 6) is -0.815. The first kappa shape index (κ1) is 19.7. The maximum Gasteiger partial charge on any atom is 0.338 e. The molecule has 0 aliphatic carbocycles. The minimum atomic E-state index is -0.649. The first-order chi connectivity index (χ1) is 15.0. The third-order valence-corrected chi connectivity index (χ3v) is 7.18. The van der Waals surface area contributed by atoms with Crippen LogP contribution in [0.5, 0.6) is 0 Å². The second-order valence-corrected chi connectivity index (χ2v) is 8.97. The standard InChI is InChI=1S/C22H17N3O4S2/c1-3-29-21(28)15-11(2)23-22-25(17(15)14-9-6-10-30-14)20(27)18(31-22)16-12-7-4-5-8-13(12)24-19(16)26/h4-10,17H,3H2,1-2H3,(H,24,26)/b18-16+. The lowest BCUT2D eigenvalue weighted by atomic mass is 10.0. The molecule has 31 heavy (non-hydrogen) atoms. The normalized spacial score (nSPS) is 18.9. The van der Waals surface area contributed by atoms with Crippen molar-refractivity contribution in [2.24, 2.45) is 4.99 Å². The number of thiazole rings is 1. The SMILES string of the molecule is CCOC(=O)C1=C(C)N=c2s/c(=C3/C(=O)Nc4ccccc43)c(=O)n2C1c1cccs1. The van der Waals surface area contributed by atoms with Crippen LogP contribution in [0.15, 0.2) is 62.8 Å². The number of carbonyl (C=O) groups excluding carboxylic acids is 2. The van der Waals surface area contributed by atoms with E-state index in [1.807, 2.05) is 35.7 Å². The average Bonchev–Trinajstić information content (AvgIpc) is 3.45. The molecule has 1 amide bonds. The molecule has 1 atom stereocenters. The molecule has 0 radical (unpaired) electrons. The Morgan fingerprint density at radius 1 is 1.23 bits per heavy atom. The van der Waals surface area contributed by atoms with Gasteiger partial charge >= 0.3 is 5.97 Å². The Morgan fingerprint density at radius 2 is 2.03 bits per heavy atom. The zero-order chi connectivity index (χ0) is 21.7. The predicted octanol–water partition coefficient (Wildman–Crippen LogP) is 2.18. The summed E-state index contributed by atoms with van der Waals surface area (Å²) in [6.07, 6.45) is 0. The fourth-order valence-electron chi connectivity index (χ4n) is 3.90. The molecular formula is C22H17N3O4S2. The molecule has 2 aliphatic rings. The minimum absolute atomic E-state index is 0.221. The molecule has 3 aromatic rings. The molecule has 4 heterocycles. The van der Waals surface area contributed by atoms with Crippen molar-refractivity contribution in [2.75, 3.05) is 11.9 Å². The third-order valence-electron chi connectivity index (χ3n) is 5.20. The molecule has 1 unspecified atom stereocenters. The molecule has 2 aromatic heterocycles. The lowest BCUT2D eigenvalue weighted by Gasteiger charge is -2.23. The lowest BCUT2D eigenvalue weighted by Crippen LogP contribution is -2.40. The van der Waals surface area contributed by atoms with Crippen LogP contribution in [0, 0.1) is 0 Å². The number of ether oxygens (including phenoxy) is 1. The van der Waals surface area contributed by atoms with Crippen LogP contribution in [0.25, 0.3) is 5.57 Å². The minimum Gasteiger partial charge on any atom is -0.463 e. The summed E-state index contributed by atoms with van der Waals surface area (Å²) in [5.41, 5.74) is 2.19. The molecule has 0 saturated carbocycles. The number of amides is 1. The van der Waals surface area contributed by atoms with Gasteiger partial charge in [-0.1, -0.05) is 35.6 Å². The van der Waals surface area contributed by atoms with E-state index in [0.29, 0.717) is 37.4 Å². The summed E-state index contributed by atoms with van der Waals surface area (Å²) >= 11 is 2.61. The van der Waals surface area contributed by atoms with Crippen LogP contribution in [0.4, 0.5) is 5.69 Å². The maximum atomic E-state index is 13.6. The van der Waals surface area contributed by atoms with E-state index >= 15 is 0 Å². The Kier molecular flexibility index (Phi) is 4.71. The van der Waals surface area contributed by atoms with Crippen molar-refractivity contribution in [3.63, 3.8) is 0 Å². The van der Waals surface area contributed by atoms with E-state index in [4.69, 9.17) is 4.74 Å². The molecule has 1 aromatic carbocycles. The number of fused-ring (bicyclic) bond motifs is 2. The van der Waals surface area contributed by atoms with Gasteiger partial charge in [0.2, 0.25) is 0 Å². The van der Waals surface area contributed by atoms with Crippen molar-refractivity contribution in [1.29, 1.82) is 0 Å². The molecular weight excluding hydrogens is 434 g/mol. The molecule has 0 fully saturated rings. The van der Waals surface area contributed by atoms with Crippen molar-refractivity contribution in [1.82, 2.24) is 4.57 Å². The van der Waals surface area contributed by atoms with Crippen molar-refractivity contribution >= 4 is 45.8 Å². The number of allylic oxidation sites excluding steroid dienone is 1.